The fourth-order valence-electron chi connectivity index (χ4n) is 3.41. The minimum Gasteiger partial charge on any atom is -0.495 e. The van der Waals surface area contributed by atoms with E-state index in [0.717, 1.165) is 28.3 Å². The lowest BCUT2D eigenvalue weighted by molar-refractivity contribution is 0.410. The molecule has 0 aliphatic heterocycles. The van der Waals surface area contributed by atoms with Gasteiger partial charge in [-0.15, -0.1) is 0 Å². The number of halogens is 1. The van der Waals surface area contributed by atoms with Crippen LogP contribution in [0.4, 0.5) is 5.69 Å². The van der Waals surface area contributed by atoms with Gasteiger partial charge in [-0.3, -0.25) is 0 Å². The Balaban J connectivity index is 1.78. The molecule has 2 aliphatic carbocycles. The summed E-state index contributed by atoms with van der Waals surface area (Å²) in [6.45, 7) is 0. The number of nitrogens with one attached hydrogen (secondary N) is 1. The fraction of sp³-hybridized carbons (Fsp3) is 0.571. The van der Waals surface area contributed by atoms with E-state index in [2.05, 4.69) is 5.32 Å². The number of methoxy groups -OCH3 is 1. The normalized spacial score (nSPS) is 30.6. The van der Waals surface area contributed by atoms with Crippen LogP contribution in [0, 0.1) is 11.8 Å². The highest BCUT2D eigenvalue weighted by Crippen LogP contribution is 2.46. The summed E-state index contributed by atoms with van der Waals surface area (Å²) < 4.78 is 5.37. The Morgan fingerprint density at radius 3 is 2.82 bits per heavy atom. The molecule has 2 saturated carbocycles. The maximum absolute atomic E-state index is 6.04. The van der Waals surface area contributed by atoms with Gasteiger partial charge in [0.05, 0.1) is 12.8 Å². The predicted octanol–water partition coefficient (Wildman–Crippen LogP) is 3.95. The Morgan fingerprint density at radius 2 is 2.18 bits per heavy atom. The number of rotatable bonds is 3. The van der Waals surface area contributed by atoms with Gasteiger partial charge in [-0.25, -0.2) is 0 Å². The summed E-state index contributed by atoms with van der Waals surface area (Å²) in [5.41, 5.74) is 1.04. The van der Waals surface area contributed by atoms with Gasteiger partial charge in [-0.05, 0) is 49.3 Å². The van der Waals surface area contributed by atoms with Gasteiger partial charge in [0.25, 0.3) is 0 Å². The number of fused-ring (bicyclic) bond motifs is 2. The van der Waals surface area contributed by atoms with E-state index in [1.54, 1.807) is 7.11 Å². The zero-order valence-corrected chi connectivity index (χ0v) is 10.8. The van der Waals surface area contributed by atoms with E-state index >= 15 is 0 Å². The van der Waals surface area contributed by atoms with Gasteiger partial charge in [0.1, 0.15) is 5.75 Å². The molecule has 1 N–H and O–H groups in total. The second kappa shape index (κ2) is 4.41. The molecular formula is C14H18ClNO. The summed E-state index contributed by atoms with van der Waals surface area (Å²) in [6, 6.07) is 6.37. The van der Waals surface area contributed by atoms with Crippen molar-refractivity contribution in [1.82, 2.24) is 0 Å². The molecule has 0 amide bonds. The summed E-state index contributed by atoms with van der Waals surface area (Å²) in [5.74, 6) is 2.68. The summed E-state index contributed by atoms with van der Waals surface area (Å²) >= 11 is 6.04. The Labute approximate surface area is 107 Å². The lowest BCUT2D eigenvalue weighted by Gasteiger charge is -2.25. The van der Waals surface area contributed by atoms with Crippen LogP contribution in [-0.4, -0.2) is 13.2 Å². The van der Waals surface area contributed by atoms with E-state index in [0.29, 0.717) is 6.04 Å². The maximum Gasteiger partial charge on any atom is 0.142 e. The molecule has 1 aromatic carbocycles. The molecule has 0 saturated heterocycles. The van der Waals surface area contributed by atoms with Gasteiger partial charge < -0.3 is 10.1 Å². The minimum absolute atomic E-state index is 0.612. The first kappa shape index (κ1) is 11.2. The molecule has 0 aromatic heterocycles. The summed E-state index contributed by atoms with van der Waals surface area (Å²) in [7, 11) is 1.70. The molecule has 3 atom stereocenters. The van der Waals surface area contributed by atoms with Crippen molar-refractivity contribution in [3.63, 3.8) is 0 Å². The largest absolute Gasteiger partial charge is 0.495 e. The van der Waals surface area contributed by atoms with Crippen LogP contribution in [0.2, 0.25) is 5.02 Å². The van der Waals surface area contributed by atoms with Crippen LogP contribution in [0.3, 0.4) is 0 Å². The van der Waals surface area contributed by atoms with Crippen molar-refractivity contribution in [3.8, 4) is 5.75 Å². The molecule has 3 rings (SSSR count). The smallest absolute Gasteiger partial charge is 0.142 e. The summed E-state index contributed by atoms with van der Waals surface area (Å²) in [6.07, 6.45) is 5.52. The lowest BCUT2D eigenvalue weighted by atomic mass is 9.95. The molecule has 3 unspecified atom stereocenters. The van der Waals surface area contributed by atoms with Crippen LogP contribution in [0.1, 0.15) is 25.7 Å². The van der Waals surface area contributed by atoms with Gasteiger partial charge in [-0.2, -0.15) is 0 Å². The third kappa shape index (κ3) is 2.11. The fourth-order valence-corrected chi connectivity index (χ4v) is 3.59. The topological polar surface area (TPSA) is 21.3 Å². The Hall–Kier alpha value is -0.890. The molecule has 2 nitrogen and oxygen atoms in total. The van der Waals surface area contributed by atoms with Gasteiger partial charge >= 0.3 is 0 Å². The van der Waals surface area contributed by atoms with E-state index < -0.39 is 0 Å². The molecular weight excluding hydrogens is 234 g/mol. The van der Waals surface area contributed by atoms with Crippen LogP contribution in [0.25, 0.3) is 0 Å². The van der Waals surface area contributed by atoms with Gasteiger partial charge in [0.2, 0.25) is 0 Å². The average Bonchev–Trinajstić information content (AvgIpc) is 2.91. The third-order valence-corrected chi connectivity index (χ3v) is 4.48. The van der Waals surface area contributed by atoms with Gasteiger partial charge in [0, 0.05) is 11.1 Å². The van der Waals surface area contributed by atoms with Crippen molar-refractivity contribution in [2.24, 2.45) is 11.8 Å². The predicted molar refractivity (Wildman–Crippen MR) is 70.9 cm³/mol. The first-order chi connectivity index (χ1) is 8.26. The number of benzene rings is 1. The molecule has 1 aromatic rings. The van der Waals surface area contributed by atoms with Crippen LogP contribution >= 0.6 is 11.6 Å². The Bertz CT molecular complexity index is 421. The van der Waals surface area contributed by atoms with Crippen LogP contribution < -0.4 is 10.1 Å². The number of ether oxygens (including phenoxy) is 1. The van der Waals surface area contributed by atoms with Crippen LogP contribution in [0.5, 0.6) is 5.75 Å². The van der Waals surface area contributed by atoms with E-state index in [1.807, 2.05) is 18.2 Å². The number of anilines is 1. The highest BCUT2D eigenvalue weighted by molar-refractivity contribution is 6.30. The first-order valence-electron chi connectivity index (χ1n) is 6.36. The summed E-state index contributed by atoms with van der Waals surface area (Å²) in [4.78, 5) is 0. The highest BCUT2D eigenvalue weighted by Gasteiger charge is 2.39. The van der Waals surface area contributed by atoms with E-state index in [1.165, 1.54) is 25.7 Å². The second-order valence-corrected chi connectivity index (χ2v) is 5.71. The Morgan fingerprint density at radius 1 is 1.29 bits per heavy atom. The van der Waals surface area contributed by atoms with Gasteiger partial charge in [0.15, 0.2) is 0 Å². The van der Waals surface area contributed by atoms with Crippen molar-refractivity contribution >= 4 is 17.3 Å². The number of hydrogen-bond donors (Lipinski definition) is 1. The molecule has 92 valence electrons. The van der Waals surface area contributed by atoms with Crippen molar-refractivity contribution < 1.29 is 4.74 Å². The zero-order valence-electron chi connectivity index (χ0n) is 10.1. The quantitative estimate of drug-likeness (QED) is 0.878. The monoisotopic (exact) mass is 251 g/mol. The zero-order chi connectivity index (χ0) is 11.8. The van der Waals surface area contributed by atoms with Crippen LogP contribution in [0.15, 0.2) is 18.2 Å². The molecule has 2 fully saturated rings. The van der Waals surface area contributed by atoms with Crippen molar-refractivity contribution in [2.45, 2.75) is 31.7 Å². The molecule has 2 bridgehead atoms. The maximum atomic E-state index is 6.04. The number of hydrogen-bond acceptors (Lipinski definition) is 2. The van der Waals surface area contributed by atoms with Crippen molar-refractivity contribution in [1.29, 1.82) is 0 Å². The van der Waals surface area contributed by atoms with Crippen molar-refractivity contribution in [2.75, 3.05) is 12.4 Å². The van der Waals surface area contributed by atoms with Crippen molar-refractivity contribution in [3.05, 3.63) is 23.2 Å². The van der Waals surface area contributed by atoms with E-state index in [9.17, 15) is 0 Å². The third-order valence-electron chi connectivity index (χ3n) is 4.24. The summed E-state index contributed by atoms with van der Waals surface area (Å²) in [5, 5.41) is 4.38. The first-order valence-corrected chi connectivity index (χ1v) is 6.74. The molecule has 2 aliphatic rings. The second-order valence-electron chi connectivity index (χ2n) is 5.27. The SMILES string of the molecule is COc1ccc(Cl)cc1NC1CC2CCC1C2. The van der Waals surface area contributed by atoms with E-state index in [4.69, 9.17) is 16.3 Å². The molecule has 3 heteroatoms. The van der Waals surface area contributed by atoms with Crippen LogP contribution in [-0.2, 0) is 0 Å². The average molecular weight is 252 g/mol. The standard InChI is InChI=1S/C14H18ClNO/c1-17-14-5-4-11(15)8-13(14)16-12-7-9-2-3-10(12)6-9/h4-5,8-10,12,16H,2-3,6-7H2,1H3. The van der Waals surface area contributed by atoms with Gasteiger partial charge in [-0.1, -0.05) is 18.0 Å². The molecule has 0 heterocycles. The lowest BCUT2D eigenvalue weighted by Crippen LogP contribution is -2.26. The molecule has 17 heavy (non-hydrogen) atoms. The molecule has 0 spiro atoms. The minimum atomic E-state index is 0.612. The van der Waals surface area contributed by atoms with E-state index in [-0.39, 0.29) is 0 Å². The Kier molecular flexibility index (Phi) is 2.91. The molecule has 0 radical (unpaired) electrons. The highest BCUT2D eigenvalue weighted by atomic mass is 35.5.